The third kappa shape index (κ3) is 1.65. The molecule has 0 saturated carbocycles. The molecule has 1 N–H and O–H groups in total. The van der Waals surface area contributed by atoms with E-state index in [4.69, 9.17) is 14.9 Å². The Balaban J connectivity index is 2.33. The summed E-state index contributed by atoms with van der Waals surface area (Å²) in [6.45, 7) is 3.31. The van der Waals surface area contributed by atoms with Gasteiger partial charge in [0.2, 0.25) is 17.1 Å². The lowest BCUT2D eigenvalue weighted by Gasteiger charge is -2.47. The van der Waals surface area contributed by atoms with E-state index in [2.05, 4.69) is 22.0 Å². The van der Waals surface area contributed by atoms with Crippen molar-refractivity contribution in [2.75, 3.05) is 0 Å². The highest BCUT2D eigenvalue weighted by Gasteiger charge is 2.78. The second-order valence-electron chi connectivity index (χ2n) is 5.79. The van der Waals surface area contributed by atoms with Crippen molar-refractivity contribution in [3.8, 4) is 18.2 Å². The number of nitriles is 3. The average molecular weight is 391 g/mol. The maximum absolute atomic E-state index is 9.86. The zero-order chi connectivity index (χ0) is 17.0. The number of hydrogen-bond donors (Lipinski definition) is 1. The zero-order valence-corrected chi connectivity index (χ0v) is 14.7. The Kier molecular flexibility index (Phi) is 3.32. The quantitative estimate of drug-likeness (QED) is 0.787. The Morgan fingerprint density at radius 2 is 1.96 bits per heavy atom. The van der Waals surface area contributed by atoms with Gasteiger partial charge in [0.15, 0.2) is 5.41 Å². The molecule has 4 unspecified atom stereocenters. The van der Waals surface area contributed by atoms with Gasteiger partial charge in [-0.2, -0.15) is 15.8 Å². The molecule has 3 heterocycles. The van der Waals surface area contributed by atoms with Gasteiger partial charge in [0, 0.05) is 21.7 Å². The van der Waals surface area contributed by atoms with Gasteiger partial charge >= 0.3 is 0 Å². The molecule has 2 bridgehead atoms. The normalized spacial score (nSPS) is 37.3. The zero-order valence-electron chi connectivity index (χ0n) is 12.3. The largest absolute Gasteiger partial charge is 0.448 e. The predicted octanol–water partition coefficient (Wildman–Crippen LogP) is 3.49. The number of ether oxygens (including phenoxy) is 2. The fraction of sp³-hybridized carbons (Fsp3) is 0.467. The van der Waals surface area contributed by atoms with Crippen molar-refractivity contribution < 1.29 is 9.47 Å². The van der Waals surface area contributed by atoms with Crippen molar-refractivity contribution in [3.05, 3.63) is 20.8 Å². The van der Waals surface area contributed by atoms with E-state index >= 15 is 0 Å². The summed E-state index contributed by atoms with van der Waals surface area (Å²) in [4.78, 5) is 0.635. The molecule has 2 saturated heterocycles. The molecule has 0 radical (unpaired) electrons. The van der Waals surface area contributed by atoms with Crippen LogP contribution >= 0.6 is 27.3 Å². The molecule has 0 spiro atoms. The maximum atomic E-state index is 9.86. The molecular formula is C15H11BrN4O2S. The summed E-state index contributed by atoms with van der Waals surface area (Å²) in [5.74, 6) is -2.24. The topological polar surface area (TPSA) is 114 Å². The highest BCUT2D eigenvalue weighted by molar-refractivity contribution is 9.10. The van der Waals surface area contributed by atoms with Crippen LogP contribution in [0.3, 0.4) is 0 Å². The number of nitrogens with zero attached hydrogens (tertiary/aromatic N) is 3. The van der Waals surface area contributed by atoms with Crippen molar-refractivity contribution in [1.29, 1.82) is 21.2 Å². The highest BCUT2D eigenvalue weighted by Crippen LogP contribution is 2.66. The minimum atomic E-state index is -1.86. The average Bonchev–Trinajstić information content (AvgIpc) is 3.00. The molecule has 1 aromatic heterocycles. The Morgan fingerprint density at radius 3 is 2.43 bits per heavy atom. The number of hydrogen-bond acceptors (Lipinski definition) is 7. The van der Waals surface area contributed by atoms with Gasteiger partial charge in [-0.15, -0.1) is 11.3 Å². The van der Waals surface area contributed by atoms with Gasteiger partial charge in [0.25, 0.3) is 0 Å². The van der Waals surface area contributed by atoms with Crippen LogP contribution in [0.5, 0.6) is 0 Å². The van der Waals surface area contributed by atoms with Crippen molar-refractivity contribution in [1.82, 2.24) is 0 Å². The van der Waals surface area contributed by atoms with Crippen LogP contribution in [0, 0.1) is 56.2 Å². The number of halogens is 1. The minimum absolute atomic E-state index is 0.378. The molecular weight excluding hydrogens is 380 g/mol. The lowest BCUT2D eigenvalue weighted by atomic mass is 9.54. The van der Waals surface area contributed by atoms with Gasteiger partial charge in [-0.1, -0.05) is 6.92 Å². The number of nitrogens with one attached hydrogen (secondary N) is 1. The first-order valence-corrected chi connectivity index (χ1v) is 8.42. The molecule has 1 aromatic rings. The van der Waals surface area contributed by atoms with Crippen LogP contribution in [0.2, 0.25) is 0 Å². The number of rotatable bonds is 1. The van der Waals surface area contributed by atoms with E-state index in [9.17, 15) is 15.8 Å². The van der Waals surface area contributed by atoms with Gasteiger partial charge in [-0.25, -0.2) is 0 Å². The third-order valence-corrected chi connectivity index (χ3v) is 6.58. The molecule has 2 aliphatic heterocycles. The van der Waals surface area contributed by atoms with E-state index in [1.807, 2.05) is 17.5 Å². The lowest BCUT2D eigenvalue weighted by molar-refractivity contribution is -0.268. The summed E-state index contributed by atoms with van der Waals surface area (Å²) in [5.41, 5.74) is -3.54. The standard InChI is InChI=1S/C15H11BrN4O2S/c1-8-13(2)21-11(10-3-9(16)4-23-10)14(5-17,6-18)15(8,7-19)12(20)22-13/h3-4,8,11,20H,1-2H3. The third-order valence-electron chi connectivity index (χ3n) is 4.84. The fourth-order valence-corrected chi connectivity index (χ4v) is 4.97. The van der Waals surface area contributed by atoms with Crippen molar-refractivity contribution in [3.63, 3.8) is 0 Å². The summed E-state index contributed by atoms with van der Waals surface area (Å²) in [5, 5.41) is 39.5. The highest BCUT2D eigenvalue weighted by atomic mass is 79.9. The van der Waals surface area contributed by atoms with Crippen LogP contribution in [0.15, 0.2) is 15.9 Å². The van der Waals surface area contributed by atoms with Gasteiger partial charge in [0.05, 0.1) is 24.1 Å². The maximum Gasteiger partial charge on any atom is 0.214 e. The first-order chi connectivity index (χ1) is 10.8. The van der Waals surface area contributed by atoms with Crippen LogP contribution in [0.25, 0.3) is 0 Å². The number of thiophene rings is 1. The van der Waals surface area contributed by atoms with E-state index in [1.165, 1.54) is 11.3 Å². The van der Waals surface area contributed by atoms with Gasteiger partial charge in [0.1, 0.15) is 6.10 Å². The summed E-state index contributed by atoms with van der Waals surface area (Å²) < 4.78 is 12.3. The molecule has 2 fully saturated rings. The summed E-state index contributed by atoms with van der Waals surface area (Å²) in [6, 6.07) is 7.78. The van der Waals surface area contributed by atoms with E-state index in [0.29, 0.717) is 4.88 Å². The monoisotopic (exact) mass is 390 g/mol. The van der Waals surface area contributed by atoms with Crippen molar-refractivity contribution >= 4 is 33.2 Å². The Bertz CT molecular complexity index is 818. The lowest BCUT2D eigenvalue weighted by Crippen LogP contribution is -2.57. The van der Waals surface area contributed by atoms with E-state index < -0.39 is 28.6 Å². The smallest absolute Gasteiger partial charge is 0.214 e. The molecule has 0 aromatic carbocycles. The summed E-state index contributed by atoms with van der Waals surface area (Å²) in [7, 11) is 0. The molecule has 2 aliphatic rings. The molecule has 8 heteroatoms. The van der Waals surface area contributed by atoms with Crippen LogP contribution in [0.1, 0.15) is 24.8 Å². The van der Waals surface area contributed by atoms with E-state index in [0.717, 1.165) is 4.47 Å². The molecule has 4 atom stereocenters. The van der Waals surface area contributed by atoms with Gasteiger partial charge in [-0.3, -0.25) is 5.41 Å². The van der Waals surface area contributed by atoms with Crippen LogP contribution in [-0.2, 0) is 9.47 Å². The second kappa shape index (κ2) is 4.79. The van der Waals surface area contributed by atoms with E-state index in [1.54, 1.807) is 19.9 Å². The van der Waals surface area contributed by atoms with Crippen molar-refractivity contribution in [2.24, 2.45) is 16.7 Å². The first-order valence-electron chi connectivity index (χ1n) is 6.75. The molecule has 6 nitrogen and oxygen atoms in total. The molecule has 116 valence electrons. The van der Waals surface area contributed by atoms with Gasteiger partial charge < -0.3 is 9.47 Å². The Labute approximate surface area is 145 Å². The SMILES string of the molecule is CC1C2(C)OC(=N)C1(C#N)C(C#N)(C#N)C(c1cc(Br)cs1)O2. The summed E-state index contributed by atoms with van der Waals surface area (Å²) >= 11 is 4.67. The predicted molar refractivity (Wildman–Crippen MR) is 83.9 cm³/mol. The molecule has 0 aliphatic carbocycles. The Morgan fingerprint density at radius 1 is 1.30 bits per heavy atom. The second-order valence-corrected chi connectivity index (χ2v) is 7.64. The number of fused-ring (bicyclic) bond motifs is 2. The van der Waals surface area contributed by atoms with Crippen molar-refractivity contribution in [2.45, 2.75) is 25.7 Å². The summed E-state index contributed by atoms with van der Waals surface area (Å²) in [6.07, 6.45) is -0.975. The van der Waals surface area contributed by atoms with Gasteiger partial charge in [-0.05, 0) is 22.0 Å². The molecule has 0 amide bonds. The first kappa shape index (κ1) is 16.0. The fourth-order valence-electron chi connectivity index (χ4n) is 3.43. The van der Waals surface area contributed by atoms with Crippen LogP contribution in [0.4, 0.5) is 0 Å². The Hall–Kier alpha value is -1.92. The van der Waals surface area contributed by atoms with E-state index in [-0.39, 0.29) is 5.90 Å². The van der Waals surface area contributed by atoms with Crippen LogP contribution in [-0.4, -0.2) is 11.7 Å². The molecule has 3 rings (SSSR count). The molecule has 23 heavy (non-hydrogen) atoms. The van der Waals surface area contributed by atoms with Crippen LogP contribution < -0.4 is 0 Å². The minimum Gasteiger partial charge on any atom is -0.448 e.